The van der Waals surface area contributed by atoms with E-state index in [2.05, 4.69) is 24.1 Å². The summed E-state index contributed by atoms with van der Waals surface area (Å²) >= 11 is 0. The molecule has 19 heavy (non-hydrogen) atoms. The molecule has 2 atom stereocenters. The predicted molar refractivity (Wildman–Crippen MR) is 72.9 cm³/mol. The van der Waals surface area contributed by atoms with Crippen LogP contribution in [-0.4, -0.2) is 30.1 Å². The van der Waals surface area contributed by atoms with Gasteiger partial charge < -0.3 is 5.32 Å². The standard InChI is InChI=1S/C15H22F2N2/c1-3-14-10-19(11(2)6-7-18-14)9-12-8-13(16)4-5-15(12)17/h4-5,8,11,14,18H,3,6-7,9-10H2,1-2H3. The minimum absolute atomic E-state index is 0.321. The smallest absolute Gasteiger partial charge is 0.127 e. The van der Waals surface area contributed by atoms with E-state index in [1.807, 2.05) is 0 Å². The van der Waals surface area contributed by atoms with E-state index in [1.54, 1.807) is 0 Å². The van der Waals surface area contributed by atoms with Crippen molar-refractivity contribution >= 4 is 0 Å². The lowest BCUT2D eigenvalue weighted by molar-refractivity contribution is 0.192. The van der Waals surface area contributed by atoms with Crippen LogP contribution in [0, 0.1) is 11.6 Å². The Morgan fingerprint density at radius 1 is 1.37 bits per heavy atom. The fourth-order valence-electron chi connectivity index (χ4n) is 2.58. The number of hydrogen-bond acceptors (Lipinski definition) is 2. The highest BCUT2D eigenvalue weighted by Gasteiger charge is 2.22. The van der Waals surface area contributed by atoms with E-state index < -0.39 is 0 Å². The van der Waals surface area contributed by atoms with Crippen LogP contribution in [0.4, 0.5) is 8.78 Å². The quantitative estimate of drug-likeness (QED) is 0.906. The molecule has 1 aromatic carbocycles. The molecular formula is C15H22F2N2. The van der Waals surface area contributed by atoms with Gasteiger partial charge in [0.25, 0.3) is 0 Å². The molecule has 0 spiro atoms. The monoisotopic (exact) mass is 268 g/mol. The topological polar surface area (TPSA) is 15.3 Å². The Morgan fingerprint density at radius 2 is 2.16 bits per heavy atom. The van der Waals surface area contributed by atoms with Crippen molar-refractivity contribution in [3.8, 4) is 0 Å². The first-order valence-electron chi connectivity index (χ1n) is 7.01. The van der Waals surface area contributed by atoms with Gasteiger partial charge in [-0.2, -0.15) is 0 Å². The van der Waals surface area contributed by atoms with Gasteiger partial charge in [-0.15, -0.1) is 0 Å². The summed E-state index contributed by atoms with van der Waals surface area (Å²) in [6, 6.07) is 4.50. The molecule has 0 radical (unpaired) electrons. The molecule has 0 aliphatic carbocycles. The van der Waals surface area contributed by atoms with E-state index in [1.165, 1.54) is 18.2 Å². The van der Waals surface area contributed by atoms with Crippen LogP contribution in [0.1, 0.15) is 32.3 Å². The van der Waals surface area contributed by atoms with Crippen LogP contribution in [0.5, 0.6) is 0 Å². The lowest BCUT2D eigenvalue weighted by atomic mass is 10.1. The van der Waals surface area contributed by atoms with Gasteiger partial charge in [0, 0.05) is 30.7 Å². The van der Waals surface area contributed by atoms with Gasteiger partial charge in [0.05, 0.1) is 0 Å². The first-order valence-corrected chi connectivity index (χ1v) is 7.01. The van der Waals surface area contributed by atoms with Crippen LogP contribution in [0.15, 0.2) is 18.2 Å². The molecule has 0 saturated carbocycles. The fourth-order valence-corrected chi connectivity index (χ4v) is 2.58. The average Bonchev–Trinajstić information content (AvgIpc) is 2.56. The molecule has 106 valence electrons. The molecule has 0 aromatic heterocycles. The van der Waals surface area contributed by atoms with Gasteiger partial charge in [0.15, 0.2) is 0 Å². The van der Waals surface area contributed by atoms with Crippen LogP contribution in [0.3, 0.4) is 0 Å². The molecule has 1 fully saturated rings. The zero-order valence-corrected chi connectivity index (χ0v) is 11.6. The number of hydrogen-bond donors (Lipinski definition) is 1. The van der Waals surface area contributed by atoms with Crippen LogP contribution in [0.25, 0.3) is 0 Å². The first kappa shape index (κ1) is 14.4. The highest BCUT2D eigenvalue weighted by molar-refractivity contribution is 5.18. The molecule has 4 heteroatoms. The van der Waals surface area contributed by atoms with Gasteiger partial charge in [-0.3, -0.25) is 4.90 Å². The van der Waals surface area contributed by atoms with E-state index in [0.29, 0.717) is 24.2 Å². The third kappa shape index (κ3) is 3.74. The van der Waals surface area contributed by atoms with Crippen molar-refractivity contribution in [3.63, 3.8) is 0 Å². The van der Waals surface area contributed by atoms with Crippen LogP contribution < -0.4 is 5.32 Å². The molecule has 1 heterocycles. The SMILES string of the molecule is CCC1CN(Cc2cc(F)ccc2F)C(C)CCN1. The molecule has 1 aliphatic rings. The number of rotatable bonds is 3. The van der Waals surface area contributed by atoms with Gasteiger partial charge in [0.2, 0.25) is 0 Å². The largest absolute Gasteiger partial charge is 0.313 e. The summed E-state index contributed by atoms with van der Waals surface area (Å²) in [7, 11) is 0. The lowest BCUT2D eigenvalue weighted by Gasteiger charge is -2.29. The molecule has 1 saturated heterocycles. The summed E-state index contributed by atoms with van der Waals surface area (Å²) in [5.41, 5.74) is 0.448. The number of benzene rings is 1. The number of halogens is 2. The molecule has 1 aliphatic heterocycles. The van der Waals surface area contributed by atoms with Crippen molar-refractivity contribution in [1.29, 1.82) is 0 Å². The number of nitrogens with one attached hydrogen (secondary N) is 1. The molecule has 0 bridgehead atoms. The first-order chi connectivity index (χ1) is 9.10. The molecule has 1 aromatic rings. The second-order valence-electron chi connectivity index (χ2n) is 5.36. The van der Waals surface area contributed by atoms with E-state index >= 15 is 0 Å². The summed E-state index contributed by atoms with van der Waals surface area (Å²) in [6.45, 7) is 6.64. The Bertz CT molecular complexity index is 423. The summed E-state index contributed by atoms with van der Waals surface area (Å²) in [6.07, 6.45) is 2.09. The Morgan fingerprint density at radius 3 is 2.89 bits per heavy atom. The van der Waals surface area contributed by atoms with Crippen molar-refractivity contribution in [1.82, 2.24) is 10.2 Å². The predicted octanol–water partition coefficient (Wildman–Crippen LogP) is 2.93. The molecule has 2 nitrogen and oxygen atoms in total. The van der Waals surface area contributed by atoms with Crippen molar-refractivity contribution in [2.75, 3.05) is 13.1 Å². The number of nitrogens with zero attached hydrogens (tertiary/aromatic N) is 1. The summed E-state index contributed by atoms with van der Waals surface area (Å²) in [5.74, 6) is -0.692. The highest BCUT2D eigenvalue weighted by atomic mass is 19.1. The van der Waals surface area contributed by atoms with E-state index in [4.69, 9.17) is 0 Å². The normalized spacial score (nSPS) is 25.3. The summed E-state index contributed by atoms with van der Waals surface area (Å²) in [5, 5.41) is 3.49. The third-order valence-electron chi connectivity index (χ3n) is 3.95. The second kappa shape index (κ2) is 6.44. The summed E-state index contributed by atoms with van der Waals surface area (Å²) < 4.78 is 26.9. The highest BCUT2D eigenvalue weighted by Crippen LogP contribution is 2.17. The van der Waals surface area contributed by atoms with Gasteiger partial charge >= 0.3 is 0 Å². The van der Waals surface area contributed by atoms with E-state index in [9.17, 15) is 8.78 Å². The minimum Gasteiger partial charge on any atom is -0.313 e. The van der Waals surface area contributed by atoms with Crippen molar-refractivity contribution in [2.24, 2.45) is 0 Å². The zero-order chi connectivity index (χ0) is 13.8. The maximum atomic E-state index is 13.7. The average molecular weight is 268 g/mol. The molecule has 1 N–H and O–H groups in total. The lowest BCUT2D eigenvalue weighted by Crippen LogP contribution is -2.39. The van der Waals surface area contributed by atoms with Crippen molar-refractivity contribution < 1.29 is 8.78 Å². The van der Waals surface area contributed by atoms with Crippen LogP contribution >= 0.6 is 0 Å². The van der Waals surface area contributed by atoms with Gasteiger partial charge in [0.1, 0.15) is 11.6 Å². The summed E-state index contributed by atoms with van der Waals surface area (Å²) in [4.78, 5) is 2.24. The Kier molecular flexibility index (Phi) is 4.88. The maximum absolute atomic E-state index is 13.7. The van der Waals surface area contributed by atoms with Gasteiger partial charge in [-0.1, -0.05) is 6.92 Å². The molecule has 2 unspecified atom stereocenters. The van der Waals surface area contributed by atoms with E-state index in [-0.39, 0.29) is 11.6 Å². The molecule has 0 amide bonds. The third-order valence-corrected chi connectivity index (χ3v) is 3.95. The van der Waals surface area contributed by atoms with E-state index in [0.717, 1.165) is 25.9 Å². The fraction of sp³-hybridized carbons (Fsp3) is 0.600. The molecular weight excluding hydrogens is 246 g/mol. The zero-order valence-electron chi connectivity index (χ0n) is 11.6. The van der Waals surface area contributed by atoms with Crippen molar-refractivity contribution in [2.45, 2.75) is 45.3 Å². The van der Waals surface area contributed by atoms with Crippen LogP contribution in [-0.2, 0) is 6.54 Å². The van der Waals surface area contributed by atoms with Gasteiger partial charge in [-0.25, -0.2) is 8.78 Å². The van der Waals surface area contributed by atoms with Crippen LogP contribution in [0.2, 0.25) is 0 Å². The second-order valence-corrected chi connectivity index (χ2v) is 5.36. The Balaban J connectivity index is 2.12. The maximum Gasteiger partial charge on any atom is 0.127 e. The Hall–Kier alpha value is -1.00. The molecule has 2 rings (SSSR count). The minimum atomic E-state index is -0.371. The Labute approximate surface area is 113 Å². The van der Waals surface area contributed by atoms with Crippen molar-refractivity contribution in [3.05, 3.63) is 35.4 Å². The van der Waals surface area contributed by atoms with Gasteiger partial charge in [-0.05, 0) is 44.5 Å².